The van der Waals surface area contributed by atoms with Gasteiger partial charge in [-0.3, -0.25) is 9.59 Å². The maximum Gasteiger partial charge on any atom is 0.323 e. The van der Waals surface area contributed by atoms with Crippen molar-refractivity contribution in [2.45, 2.75) is 12.5 Å². The van der Waals surface area contributed by atoms with Gasteiger partial charge in [0.25, 0.3) is 0 Å². The summed E-state index contributed by atoms with van der Waals surface area (Å²) < 4.78 is 4.43. The second kappa shape index (κ2) is 5.65. The molecule has 0 saturated carbocycles. The molecule has 0 aliphatic carbocycles. The summed E-state index contributed by atoms with van der Waals surface area (Å²) in [5.74, 6) is -0.956. The van der Waals surface area contributed by atoms with Crippen molar-refractivity contribution in [2.24, 2.45) is 5.73 Å². The van der Waals surface area contributed by atoms with Gasteiger partial charge in [0.1, 0.15) is 6.04 Å². The molecule has 0 aliphatic heterocycles. The summed E-state index contributed by atoms with van der Waals surface area (Å²) in [6.45, 7) is 0. The number of hydrogen-bond acceptors (Lipinski definition) is 5. The predicted octanol–water partition coefficient (Wildman–Crippen LogP) is 0.995. The first-order valence-electron chi connectivity index (χ1n) is 4.87. The minimum absolute atomic E-state index is 0.154. The van der Waals surface area contributed by atoms with E-state index in [2.05, 4.69) is 4.74 Å². The van der Waals surface area contributed by atoms with Crippen molar-refractivity contribution in [3.63, 3.8) is 0 Å². The van der Waals surface area contributed by atoms with Gasteiger partial charge in [-0.2, -0.15) is 0 Å². The van der Waals surface area contributed by atoms with Crippen LogP contribution < -0.4 is 11.5 Å². The molecule has 1 aromatic rings. The summed E-state index contributed by atoms with van der Waals surface area (Å²) in [5, 5.41) is 0.441. The lowest BCUT2D eigenvalue weighted by Crippen LogP contribution is -2.34. The Hall–Kier alpha value is -1.59. The fourth-order valence-electron chi connectivity index (χ4n) is 1.33. The Morgan fingerprint density at radius 2 is 2.12 bits per heavy atom. The Morgan fingerprint density at radius 1 is 1.47 bits per heavy atom. The van der Waals surface area contributed by atoms with E-state index in [0.717, 1.165) is 0 Å². The minimum atomic E-state index is -0.984. The van der Waals surface area contributed by atoms with Crippen LogP contribution in [0.15, 0.2) is 18.2 Å². The number of esters is 1. The molecule has 0 unspecified atom stereocenters. The van der Waals surface area contributed by atoms with Crippen molar-refractivity contribution in [3.8, 4) is 0 Å². The van der Waals surface area contributed by atoms with Gasteiger partial charge in [0.15, 0.2) is 5.78 Å². The third-order valence-electron chi connectivity index (χ3n) is 2.22. The summed E-state index contributed by atoms with van der Waals surface area (Å²) >= 11 is 5.71. The molecule has 0 aliphatic rings. The normalized spacial score (nSPS) is 11.9. The molecule has 0 bridgehead atoms. The molecule has 5 nitrogen and oxygen atoms in total. The van der Waals surface area contributed by atoms with Crippen molar-refractivity contribution in [1.82, 2.24) is 0 Å². The van der Waals surface area contributed by atoms with Crippen LogP contribution in [0.25, 0.3) is 0 Å². The molecule has 0 fully saturated rings. The number of anilines is 1. The fraction of sp³-hybridized carbons (Fsp3) is 0.273. The highest BCUT2D eigenvalue weighted by Gasteiger charge is 2.20. The lowest BCUT2D eigenvalue weighted by atomic mass is 10.0. The number of carbonyl (C=O) groups is 2. The Kier molecular flexibility index (Phi) is 4.48. The van der Waals surface area contributed by atoms with Crippen LogP contribution in [0.2, 0.25) is 5.02 Å². The third-order valence-corrected chi connectivity index (χ3v) is 2.46. The van der Waals surface area contributed by atoms with Crippen LogP contribution in [0.4, 0.5) is 5.69 Å². The minimum Gasteiger partial charge on any atom is -0.468 e. The zero-order valence-corrected chi connectivity index (χ0v) is 10.0. The number of rotatable bonds is 4. The number of hydrogen-bond donors (Lipinski definition) is 2. The van der Waals surface area contributed by atoms with Crippen molar-refractivity contribution >= 4 is 29.0 Å². The molecular formula is C11H13ClN2O3. The number of methoxy groups -OCH3 is 1. The second-order valence-corrected chi connectivity index (χ2v) is 3.92. The summed E-state index contributed by atoms with van der Waals surface area (Å²) in [6, 6.07) is 3.54. The van der Waals surface area contributed by atoms with Gasteiger partial charge in [-0.05, 0) is 18.2 Å². The molecule has 0 radical (unpaired) electrons. The summed E-state index contributed by atoms with van der Waals surface area (Å²) in [7, 11) is 1.21. The highest BCUT2D eigenvalue weighted by Crippen LogP contribution is 2.19. The molecular weight excluding hydrogens is 244 g/mol. The molecule has 4 N–H and O–H groups in total. The molecule has 1 rings (SSSR count). The molecule has 1 aromatic carbocycles. The average Bonchev–Trinajstić information content (AvgIpc) is 2.27. The standard InChI is InChI=1S/C11H13ClN2O3/c1-17-11(16)9(14)5-10(15)7-3-2-6(12)4-8(7)13/h2-4,9H,5,13-14H2,1H3/t9-/m1/s1. The van der Waals surface area contributed by atoms with Crippen LogP contribution in [0.1, 0.15) is 16.8 Å². The summed E-state index contributed by atoms with van der Waals surface area (Å²) in [4.78, 5) is 22.9. The van der Waals surface area contributed by atoms with Gasteiger partial charge < -0.3 is 16.2 Å². The number of nitrogens with two attached hydrogens (primary N) is 2. The lowest BCUT2D eigenvalue weighted by Gasteiger charge is -2.09. The maximum absolute atomic E-state index is 11.8. The van der Waals surface area contributed by atoms with E-state index in [0.29, 0.717) is 10.6 Å². The van der Waals surface area contributed by atoms with E-state index in [1.54, 1.807) is 6.07 Å². The smallest absolute Gasteiger partial charge is 0.323 e. The van der Waals surface area contributed by atoms with E-state index in [4.69, 9.17) is 23.1 Å². The molecule has 92 valence electrons. The highest BCUT2D eigenvalue weighted by molar-refractivity contribution is 6.31. The van der Waals surface area contributed by atoms with Crippen molar-refractivity contribution < 1.29 is 14.3 Å². The zero-order chi connectivity index (χ0) is 13.0. The number of carbonyl (C=O) groups excluding carboxylic acids is 2. The summed E-state index contributed by atoms with van der Waals surface area (Å²) in [5.41, 5.74) is 11.7. The van der Waals surface area contributed by atoms with Gasteiger partial charge in [-0.25, -0.2) is 0 Å². The van der Waals surface area contributed by atoms with E-state index in [-0.39, 0.29) is 17.9 Å². The lowest BCUT2D eigenvalue weighted by molar-refractivity contribution is -0.142. The molecule has 17 heavy (non-hydrogen) atoms. The van der Waals surface area contributed by atoms with Crippen molar-refractivity contribution in [2.75, 3.05) is 12.8 Å². The van der Waals surface area contributed by atoms with Crippen LogP contribution in [-0.4, -0.2) is 24.9 Å². The highest BCUT2D eigenvalue weighted by atomic mass is 35.5. The molecule has 0 amide bonds. The number of nitrogen functional groups attached to an aromatic ring is 1. The van der Waals surface area contributed by atoms with Crippen molar-refractivity contribution in [1.29, 1.82) is 0 Å². The van der Waals surface area contributed by atoms with E-state index in [9.17, 15) is 9.59 Å². The van der Waals surface area contributed by atoms with E-state index in [1.807, 2.05) is 0 Å². The average molecular weight is 257 g/mol. The van der Waals surface area contributed by atoms with Crippen molar-refractivity contribution in [3.05, 3.63) is 28.8 Å². The SMILES string of the molecule is COC(=O)[C@H](N)CC(=O)c1ccc(Cl)cc1N. The summed E-state index contributed by atoms with van der Waals surface area (Å²) in [6.07, 6.45) is -0.154. The van der Waals surface area contributed by atoms with Gasteiger partial charge in [0, 0.05) is 22.7 Å². The second-order valence-electron chi connectivity index (χ2n) is 3.49. The Morgan fingerprint density at radius 3 is 2.65 bits per heavy atom. The monoisotopic (exact) mass is 256 g/mol. The molecule has 0 heterocycles. The van der Waals surface area contributed by atoms with Gasteiger partial charge in [0.05, 0.1) is 7.11 Å². The van der Waals surface area contributed by atoms with Gasteiger partial charge in [-0.15, -0.1) is 0 Å². The maximum atomic E-state index is 11.8. The van der Waals surface area contributed by atoms with Crippen LogP contribution in [0, 0.1) is 0 Å². The Bertz CT molecular complexity index is 448. The van der Waals surface area contributed by atoms with Crippen LogP contribution >= 0.6 is 11.6 Å². The molecule has 6 heteroatoms. The van der Waals surface area contributed by atoms with E-state index >= 15 is 0 Å². The first kappa shape index (κ1) is 13.5. The molecule has 1 atom stereocenters. The first-order valence-corrected chi connectivity index (χ1v) is 5.25. The Balaban J connectivity index is 2.80. The largest absolute Gasteiger partial charge is 0.468 e. The third kappa shape index (κ3) is 3.44. The quantitative estimate of drug-likeness (QED) is 0.476. The van der Waals surface area contributed by atoms with Crippen LogP contribution in [0.5, 0.6) is 0 Å². The van der Waals surface area contributed by atoms with Gasteiger partial charge in [0.2, 0.25) is 0 Å². The molecule has 0 spiro atoms. The van der Waals surface area contributed by atoms with Gasteiger partial charge in [-0.1, -0.05) is 11.6 Å². The van der Waals surface area contributed by atoms with E-state index in [1.165, 1.54) is 19.2 Å². The number of benzene rings is 1. The molecule has 0 saturated heterocycles. The predicted molar refractivity (Wildman–Crippen MR) is 64.8 cm³/mol. The van der Waals surface area contributed by atoms with E-state index < -0.39 is 12.0 Å². The Labute approximate surface area is 104 Å². The molecule has 0 aromatic heterocycles. The number of ketones is 1. The number of Topliss-reactive ketones (excluding diaryl/α,β-unsaturated/α-hetero) is 1. The van der Waals surface area contributed by atoms with Crippen LogP contribution in [0.3, 0.4) is 0 Å². The topological polar surface area (TPSA) is 95.4 Å². The van der Waals surface area contributed by atoms with Gasteiger partial charge >= 0.3 is 5.97 Å². The zero-order valence-electron chi connectivity index (χ0n) is 9.27. The van der Waals surface area contributed by atoms with Crippen LogP contribution in [-0.2, 0) is 9.53 Å². The number of halogens is 1. The first-order chi connectivity index (χ1) is 7.95. The fourth-order valence-corrected chi connectivity index (χ4v) is 1.51. The number of ether oxygens (including phenoxy) is 1.